The van der Waals surface area contributed by atoms with Crippen LogP contribution in [0.3, 0.4) is 0 Å². The smallest absolute Gasteiger partial charge is 0.228 e. The number of nitrogens with one attached hydrogen (secondary N) is 1. The molecule has 0 saturated carbocycles. The Hall–Kier alpha value is -1.59. The highest BCUT2D eigenvalue weighted by atomic mass is 35.5. The third kappa shape index (κ3) is 3.71. The van der Waals surface area contributed by atoms with Gasteiger partial charge in [-0.2, -0.15) is 0 Å². The minimum Gasteiger partial charge on any atom is -0.330 e. The Bertz CT molecular complexity index is 476. The number of halogens is 1. The third-order valence-electron chi connectivity index (χ3n) is 3.32. The summed E-state index contributed by atoms with van der Waals surface area (Å²) in [5.74, 6) is -0.138. The van der Waals surface area contributed by atoms with Crippen LogP contribution < -0.4 is 16.0 Å². The van der Waals surface area contributed by atoms with E-state index in [4.69, 9.17) is 5.73 Å². The molecule has 20 heavy (non-hydrogen) atoms. The fourth-order valence-electron chi connectivity index (χ4n) is 2.02. The van der Waals surface area contributed by atoms with Gasteiger partial charge in [0.15, 0.2) is 0 Å². The van der Waals surface area contributed by atoms with E-state index >= 15 is 0 Å². The maximum atomic E-state index is 11.7. The van der Waals surface area contributed by atoms with E-state index in [9.17, 15) is 9.59 Å². The summed E-state index contributed by atoms with van der Waals surface area (Å²) >= 11 is 0. The van der Waals surface area contributed by atoms with Crippen molar-refractivity contribution in [2.75, 3.05) is 23.3 Å². The summed E-state index contributed by atoms with van der Waals surface area (Å²) in [7, 11) is 0. The number of anilines is 2. The van der Waals surface area contributed by atoms with Gasteiger partial charge >= 0.3 is 0 Å². The predicted octanol–water partition coefficient (Wildman–Crippen LogP) is 1.77. The zero-order valence-corrected chi connectivity index (χ0v) is 12.3. The van der Waals surface area contributed by atoms with E-state index in [0.29, 0.717) is 13.0 Å². The van der Waals surface area contributed by atoms with Crippen molar-refractivity contribution in [3.05, 3.63) is 24.3 Å². The lowest BCUT2D eigenvalue weighted by Gasteiger charge is -2.16. The van der Waals surface area contributed by atoms with Gasteiger partial charge in [-0.1, -0.05) is 6.92 Å². The van der Waals surface area contributed by atoms with Gasteiger partial charge in [-0.3, -0.25) is 9.59 Å². The van der Waals surface area contributed by atoms with E-state index in [2.05, 4.69) is 5.32 Å². The highest BCUT2D eigenvalue weighted by Gasteiger charge is 2.21. The number of hydrogen-bond donors (Lipinski definition) is 2. The van der Waals surface area contributed by atoms with Gasteiger partial charge in [0.25, 0.3) is 0 Å². The molecule has 6 heteroatoms. The fourth-order valence-corrected chi connectivity index (χ4v) is 2.02. The second-order valence-corrected chi connectivity index (χ2v) is 4.82. The van der Waals surface area contributed by atoms with E-state index in [1.807, 2.05) is 24.3 Å². The number of hydrogen-bond acceptors (Lipinski definition) is 3. The maximum Gasteiger partial charge on any atom is 0.228 e. The molecule has 1 aliphatic heterocycles. The molecule has 3 N–H and O–H groups in total. The number of rotatable bonds is 4. The molecule has 0 aromatic heterocycles. The summed E-state index contributed by atoms with van der Waals surface area (Å²) < 4.78 is 0. The van der Waals surface area contributed by atoms with Gasteiger partial charge in [-0.05, 0) is 30.7 Å². The van der Waals surface area contributed by atoms with Crippen LogP contribution in [-0.4, -0.2) is 24.9 Å². The zero-order chi connectivity index (χ0) is 13.8. The summed E-state index contributed by atoms with van der Waals surface area (Å²) in [6, 6.07) is 7.32. The van der Waals surface area contributed by atoms with Crippen LogP contribution in [0.1, 0.15) is 19.8 Å². The predicted molar refractivity (Wildman–Crippen MR) is 82.1 cm³/mol. The number of carbonyl (C=O) groups excluding carboxylic acids is 2. The molecule has 0 aliphatic carbocycles. The highest BCUT2D eigenvalue weighted by Crippen LogP contribution is 2.23. The second-order valence-electron chi connectivity index (χ2n) is 4.82. The van der Waals surface area contributed by atoms with Gasteiger partial charge in [-0.25, -0.2) is 0 Å². The molecule has 1 aromatic rings. The minimum atomic E-state index is -0.208. The molecule has 2 amide bonds. The van der Waals surface area contributed by atoms with Crippen molar-refractivity contribution in [2.24, 2.45) is 11.7 Å². The first-order chi connectivity index (χ1) is 9.11. The summed E-state index contributed by atoms with van der Waals surface area (Å²) in [4.78, 5) is 25.1. The van der Waals surface area contributed by atoms with Crippen LogP contribution in [0.25, 0.3) is 0 Å². The molecule has 0 radical (unpaired) electrons. The summed E-state index contributed by atoms with van der Waals surface area (Å²) in [5.41, 5.74) is 7.05. The van der Waals surface area contributed by atoms with E-state index in [0.717, 1.165) is 24.3 Å². The molecule has 1 heterocycles. The van der Waals surface area contributed by atoms with Crippen LogP contribution in [0.5, 0.6) is 0 Å². The van der Waals surface area contributed by atoms with Crippen molar-refractivity contribution < 1.29 is 9.59 Å². The standard InChI is InChI=1S/C14H19N3O2.ClH/c1-10(9-15)14(19)16-11-4-6-12(7-5-11)17-8-2-3-13(17)18;/h4-7,10H,2-3,8-9,15H2,1H3,(H,16,19);1H. The zero-order valence-electron chi connectivity index (χ0n) is 11.5. The average molecular weight is 298 g/mol. The molecular formula is C14H20ClN3O2. The van der Waals surface area contributed by atoms with Gasteiger partial charge in [-0.15, -0.1) is 12.4 Å². The first kappa shape index (κ1) is 16.5. The molecule has 1 unspecified atom stereocenters. The Morgan fingerprint density at radius 2 is 2.05 bits per heavy atom. The van der Waals surface area contributed by atoms with Crippen LogP contribution in [0.2, 0.25) is 0 Å². The maximum absolute atomic E-state index is 11.7. The van der Waals surface area contributed by atoms with Crippen molar-refractivity contribution in [3.63, 3.8) is 0 Å². The van der Waals surface area contributed by atoms with Crippen LogP contribution in [0, 0.1) is 5.92 Å². The molecule has 2 rings (SSSR count). The van der Waals surface area contributed by atoms with Crippen LogP contribution in [-0.2, 0) is 9.59 Å². The van der Waals surface area contributed by atoms with Gasteiger partial charge in [0.05, 0.1) is 0 Å². The summed E-state index contributed by atoms with van der Waals surface area (Å²) in [5, 5.41) is 2.80. The largest absolute Gasteiger partial charge is 0.330 e. The van der Waals surface area contributed by atoms with Gasteiger partial charge in [0.2, 0.25) is 11.8 Å². The fraction of sp³-hybridized carbons (Fsp3) is 0.429. The van der Waals surface area contributed by atoms with E-state index in [1.165, 1.54) is 0 Å². The molecule has 1 aliphatic rings. The first-order valence-electron chi connectivity index (χ1n) is 6.53. The lowest BCUT2D eigenvalue weighted by Crippen LogP contribution is -2.26. The molecular weight excluding hydrogens is 278 g/mol. The normalized spacial score (nSPS) is 15.7. The SMILES string of the molecule is CC(CN)C(=O)Nc1ccc(N2CCCC2=O)cc1.Cl. The second kappa shape index (κ2) is 7.26. The molecule has 0 spiro atoms. The highest BCUT2D eigenvalue weighted by molar-refractivity contribution is 5.96. The Morgan fingerprint density at radius 1 is 1.40 bits per heavy atom. The number of nitrogens with zero attached hydrogens (tertiary/aromatic N) is 1. The molecule has 5 nitrogen and oxygen atoms in total. The van der Waals surface area contributed by atoms with E-state index in [-0.39, 0.29) is 30.1 Å². The Morgan fingerprint density at radius 3 is 2.55 bits per heavy atom. The Kier molecular flexibility index (Phi) is 5.98. The van der Waals surface area contributed by atoms with E-state index < -0.39 is 0 Å². The van der Waals surface area contributed by atoms with Crippen molar-refractivity contribution in [1.29, 1.82) is 0 Å². The van der Waals surface area contributed by atoms with Gasteiger partial charge < -0.3 is 16.0 Å². The minimum absolute atomic E-state index is 0. The first-order valence-corrected chi connectivity index (χ1v) is 6.53. The van der Waals surface area contributed by atoms with Crippen molar-refractivity contribution >= 4 is 35.6 Å². The number of nitrogens with two attached hydrogens (primary N) is 1. The average Bonchev–Trinajstić information content (AvgIpc) is 2.85. The van der Waals surface area contributed by atoms with Gasteiger partial charge in [0, 0.05) is 36.8 Å². The van der Waals surface area contributed by atoms with Crippen LogP contribution in [0.4, 0.5) is 11.4 Å². The number of amides is 2. The van der Waals surface area contributed by atoms with Crippen molar-refractivity contribution in [1.82, 2.24) is 0 Å². The third-order valence-corrected chi connectivity index (χ3v) is 3.32. The van der Waals surface area contributed by atoms with Gasteiger partial charge in [0.1, 0.15) is 0 Å². The molecule has 110 valence electrons. The lowest BCUT2D eigenvalue weighted by atomic mass is 10.1. The molecule has 1 saturated heterocycles. The quantitative estimate of drug-likeness (QED) is 0.889. The summed E-state index contributed by atoms with van der Waals surface area (Å²) in [6.07, 6.45) is 1.53. The number of benzene rings is 1. The van der Waals surface area contributed by atoms with Crippen molar-refractivity contribution in [3.8, 4) is 0 Å². The summed E-state index contributed by atoms with van der Waals surface area (Å²) in [6.45, 7) is 2.88. The number of carbonyl (C=O) groups is 2. The Labute approximate surface area is 124 Å². The van der Waals surface area contributed by atoms with Crippen LogP contribution >= 0.6 is 12.4 Å². The van der Waals surface area contributed by atoms with Crippen LogP contribution in [0.15, 0.2) is 24.3 Å². The monoisotopic (exact) mass is 297 g/mol. The molecule has 1 aromatic carbocycles. The topological polar surface area (TPSA) is 75.4 Å². The Balaban J connectivity index is 0.00000200. The molecule has 0 bridgehead atoms. The van der Waals surface area contributed by atoms with Crippen molar-refractivity contribution in [2.45, 2.75) is 19.8 Å². The molecule has 1 atom stereocenters. The lowest BCUT2D eigenvalue weighted by molar-refractivity contribution is -0.119. The van der Waals surface area contributed by atoms with E-state index in [1.54, 1.807) is 11.8 Å². The molecule has 1 fully saturated rings.